The minimum absolute atomic E-state index is 0.0345. The van der Waals surface area contributed by atoms with E-state index < -0.39 is 15.3 Å². The van der Waals surface area contributed by atoms with Gasteiger partial charge in [0, 0.05) is 38.1 Å². The van der Waals surface area contributed by atoms with Crippen molar-refractivity contribution in [3.05, 3.63) is 24.3 Å². The zero-order chi connectivity index (χ0) is 23.5. The molecule has 0 bridgehead atoms. The van der Waals surface area contributed by atoms with Gasteiger partial charge in [-0.25, -0.2) is 13.2 Å². The summed E-state index contributed by atoms with van der Waals surface area (Å²) in [7, 11) is -3.25. The number of nitrogens with zero attached hydrogens (tertiary/aromatic N) is 3. The number of hydrogen-bond acceptors (Lipinski definition) is 7. The van der Waals surface area contributed by atoms with E-state index >= 15 is 0 Å². The Morgan fingerprint density at radius 3 is 2.22 bits per heavy atom. The first-order chi connectivity index (χ1) is 14.9. The van der Waals surface area contributed by atoms with Crippen molar-refractivity contribution in [2.45, 2.75) is 44.9 Å². The third kappa shape index (κ3) is 6.52. The van der Waals surface area contributed by atoms with E-state index in [1.807, 2.05) is 20.8 Å². The maximum Gasteiger partial charge on any atom is 0.330 e. The third-order valence-electron chi connectivity index (χ3n) is 6.13. The molecule has 0 aromatic heterocycles. The monoisotopic (exact) mass is 465 g/mol. The molecule has 3 rings (SSSR count). The first kappa shape index (κ1) is 24.7. The molecule has 9 heteroatoms. The quantitative estimate of drug-likeness (QED) is 0.637. The fourth-order valence-electron chi connectivity index (χ4n) is 3.97. The predicted molar refractivity (Wildman–Crippen MR) is 123 cm³/mol. The SMILES string of the molecule is CC(C)(C)C(=O)ON1CCC(CCN2CCN(c3ccc(S(C)(=O)=O)cc3)C(=O)C2)CC1. The first-order valence-corrected chi connectivity index (χ1v) is 13.1. The van der Waals surface area contributed by atoms with Crippen molar-refractivity contribution < 1.29 is 22.8 Å². The van der Waals surface area contributed by atoms with Gasteiger partial charge in [0.25, 0.3) is 0 Å². The van der Waals surface area contributed by atoms with Gasteiger partial charge < -0.3 is 9.74 Å². The fraction of sp³-hybridized carbons (Fsp3) is 0.652. The van der Waals surface area contributed by atoms with Gasteiger partial charge in [0.05, 0.1) is 16.9 Å². The maximum atomic E-state index is 12.7. The van der Waals surface area contributed by atoms with Crippen molar-refractivity contribution >= 4 is 27.4 Å². The number of rotatable bonds is 6. The molecule has 0 atom stereocenters. The van der Waals surface area contributed by atoms with E-state index in [9.17, 15) is 18.0 Å². The lowest BCUT2D eigenvalue weighted by atomic mass is 9.94. The van der Waals surface area contributed by atoms with Crippen LogP contribution in [-0.2, 0) is 24.3 Å². The van der Waals surface area contributed by atoms with Crippen LogP contribution in [0.15, 0.2) is 29.2 Å². The number of hydrogen-bond donors (Lipinski definition) is 0. The molecule has 2 fully saturated rings. The van der Waals surface area contributed by atoms with Gasteiger partial charge in [-0.05, 0) is 76.8 Å². The smallest absolute Gasteiger partial charge is 0.330 e. The van der Waals surface area contributed by atoms with Crippen LogP contribution in [0.4, 0.5) is 5.69 Å². The lowest BCUT2D eigenvalue weighted by molar-refractivity contribution is -0.206. The highest BCUT2D eigenvalue weighted by atomic mass is 32.2. The molecule has 2 aliphatic rings. The molecule has 0 aliphatic carbocycles. The number of anilines is 1. The molecular weight excluding hydrogens is 430 g/mol. The highest BCUT2D eigenvalue weighted by molar-refractivity contribution is 7.90. The molecule has 32 heavy (non-hydrogen) atoms. The zero-order valence-electron chi connectivity index (χ0n) is 19.5. The molecule has 0 N–H and O–H groups in total. The average Bonchev–Trinajstić information content (AvgIpc) is 2.72. The number of carbonyl (C=O) groups excluding carboxylic acids is 2. The molecule has 1 aromatic rings. The summed E-state index contributed by atoms with van der Waals surface area (Å²) < 4.78 is 23.2. The van der Waals surface area contributed by atoms with E-state index in [0.717, 1.165) is 51.1 Å². The van der Waals surface area contributed by atoms with Crippen LogP contribution in [0.3, 0.4) is 0 Å². The lowest BCUT2D eigenvalue weighted by Gasteiger charge is -2.36. The van der Waals surface area contributed by atoms with Gasteiger partial charge in [-0.1, -0.05) is 0 Å². The zero-order valence-corrected chi connectivity index (χ0v) is 20.4. The van der Waals surface area contributed by atoms with Crippen LogP contribution >= 0.6 is 0 Å². The number of sulfone groups is 1. The van der Waals surface area contributed by atoms with Gasteiger partial charge in [0.2, 0.25) is 5.91 Å². The van der Waals surface area contributed by atoms with Gasteiger partial charge in [0.15, 0.2) is 9.84 Å². The van der Waals surface area contributed by atoms with Crippen LogP contribution in [0, 0.1) is 11.3 Å². The van der Waals surface area contributed by atoms with Crippen LogP contribution in [0.2, 0.25) is 0 Å². The van der Waals surface area contributed by atoms with E-state index in [2.05, 4.69) is 4.90 Å². The van der Waals surface area contributed by atoms with Gasteiger partial charge in [0.1, 0.15) is 0 Å². The highest BCUT2D eigenvalue weighted by Crippen LogP contribution is 2.24. The Hall–Kier alpha value is -1.97. The minimum Gasteiger partial charge on any atom is -0.367 e. The van der Waals surface area contributed by atoms with Crippen molar-refractivity contribution in [3.8, 4) is 0 Å². The number of benzene rings is 1. The molecule has 8 nitrogen and oxygen atoms in total. The predicted octanol–water partition coefficient (Wildman–Crippen LogP) is 2.35. The summed E-state index contributed by atoms with van der Waals surface area (Å²) in [6, 6.07) is 6.50. The summed E-state index contributed by atoms with van der Waals surface area (Å²) in [5, 5.41) is 1.78. The Labute approximate surface area is 191 Å². The molecule has 2 heterocycles. The van der Waals surface area contributed by atoms with Crippen LogP contribution in [-0.4, -0.2) is 75.8 Å². The second-order valence-corrected chi connectivity index (χ2v) is 11.9. The Morgan fingerprint density at radius 1 is 1.06 bits per heavy atom. The van der Waals surface area contributed by atoms with Crippen molar-refractivity contribution in [2.24, 2.45) is 11.3 Å². The highest BCUT2D eigenvalue weighted by Gasteiger charge is 2.29. The van der Waals surface area contributed by atoms with E-state index in [1.54, 1.807) is 34.2 Å². The molecule has 2 aliphatic heterocycles. The normalized spacial score (nSPS) is 19.9. The summed E-state index contributed by atoms with van der Waals surface area (Å²) in [5.41, 5.74) is 0.237. The number of amides is 1. The van der Waals surface area contributed by atoms with Crippen LogP contribution in [0.1, 0.15) is 40.0 Å². The van der Waals surface area contributed by atoms with Crippen LogP contribution in [0.25, 0.3) is 0 Å². The summed E-state index contributed by atoms with van der Waals surface area (Å²) in [6.45, 7) is 9.70. The molecule has 0 radical (unpaired) electrons. The summed E-state index contributed by atoms with van der Waals surface area (Å²) in [4.78, 5) is 34.4. The largest absolute Gasteiger partial charge is 0.367 e. The molecule has 1 aromatic carbocycles. The molecule has 0 unspecified atom stereocenters. The topological polar surface area (TPSA) is 87.2 Å². The second kappa shape index (κ2) is 9.89. The Morgan fingerprint density at radius 2 is 1.69 bits per heavy atom. The number of carbonyl (C=O) groups is 2. The number of hydroxylamine groups is 2. The van der Waals surface area contributed by atoms with E-state index in [0.29, 0.717) is 19.0 Å². The average molecular weight is 466 g/mol. The molecule has 178 valence electrons. The van der Waals surface area contributed by atoms with Crippen LogP contribution in [0.5, 0.6) is 0 Å². The van der Waals surface area contributed by atoms with Crippen molar-refractivity contribution in [3.63, 3.8) is 0 Å². The second-order valence-electron chi connectivity index (χ2n) is 9.88. The summed E-state index contributed by atoms with van der Waals surface area (Å²) >= 11 is 0. The Balaban J connectivity index is 1.41. The molecule has 0 spiro atoms. The Bertz CT molecular complexity index is 916. The summed E-state index contributed by atoms with van der Waals surface area (Å²) in [6.07, 6.45) is 4.17. The number of piperidine rings is 1. The van der Waals surface area contributed by atoms with E-state index in [-0.39, 0.29) is 16.8 Å². The number of piperazine rings is 1. The molecule has 2 saturated heterocycles. The van der Waals surface area contributed by atoms with Gasteiger partial charge in [-0.2, -0.15) is 0 Å². The van der Waals surface area contributed by atoms with Crippen molar-refractivity contribution in [2.75, 3.05) is 50.4 Å². The van der Waals surface area contributed by atoms with E-state index in [1.165, 1.54) is 6.26 Å². The van der Waals surface area contributed by atoms with Crippen molar-refractivity contribution in [1.82, 2.24) is 9.96 Å². The summed E-state index contributed by atoms with van der Waals surface area (Å²) in [5.74, 6) is 0.404. The van der Waals surface area contributed by atoms with Crippen LogP contribution < -0.4 is 4.90 Å². The Kier molecular flexibility index (Phi) is 7.62. The first-order valence-electron chi connectivity index (χ1n) is 11.2. The van der Waals surface area contributed by atoms with Gasteiger partial charge in [-0.15, -0.1) is 5.06 Å². The maximum absolute atomic E-state index is 12.7. The van der Waals surface area contributed by atoms with Crippen molar-refractivity contribution in [1.29, 1.82) is 0 Å². The fourth-order valence-corrected chi connectivity index (χ4v) is 4.60. The van der Waals surface area contributed by atoms with Gasteiger partial charge >= 0.3 is 5.97 Å². The third-order valence-corrected chi connectivity index (χ3v) is 7.26. The molecular formula is C23H35N3O5S. The van der Waals surface area contributed by atoms with Gasteiger partial charge in [-0.3, -0.25) is 9.69 Å². The molecule has 1 amide bonds. The molecule has 0 saturated carbocycles. The lowest BCUT2D eigenvalue weighted by Crippen LogP contribution is -2.51. The minimum atomic E-state index is -3.25. The standard InChI is InChI=1S/C23H35N3O5S/c1-23(2,3)22(28)31-25-13-10-18(11-14-25)9-12-24-15-16-26(21(27)17-24)19-5-7-20(8-6-19)32(4,29)30/h5-8,18H,9-17H2,1-4H3. The van der Waals surface area contributed by atoms with E-state index in [4.69, 9.17) is 4.84 Å².